The molecule has 1 aliphatic heterocycles. The van der Waals surface area contributed by atoms with Crippen molar-refractivity contribution in [1.82, 2.24) is 0 Å². The normalized spacial score (nSPS) is 13.4. The van der Waals surface area contributed by atoms with Gasteiger partial charge in [-0.2, -0.15) is 0 Å². The first-order valence-electron chi connectivity index (χ1n) is 8.53. The minimum atomic E-state index is -3.88. The first-order chi connectivity index (χ1) is 12.8. The molecule has 1 aliphatic rings. The molecule has 6 nitrogen and oxygen atoms in total. The first kappa shape index (κ1) is 17.4. The number of benzene rings is 3. The lowest BCUT2D eigenvalue weighted by atomic mass is 10.1. The van der Waals surface area contributed by atoms with Crippen LogP contribution in [0.15, 0.2) is 53.4 Å². The van der Waals surface area contributed by atoms with Crippen LogP contribution in [0.2, 0.25) is 0 Å². The van der Waals surface area contributed by atoms with Gasteiger partial charge >= 0.3 is 0 Å². The van der Waals surface area contributed by atoms with Gasteiger partial charge in [-0.3, -0.25) is 9.52 Å². The van der Waals surface area contributed by atoms with Crippen LogP contribution in [0, 0.1) is 6.92 Å². The van der Waals surface area contributed by atoms with Crippen LogP contribution >= 0.6 is 0 Å². The zero-order valence-electron chi connectivity index (χ0n) is 14.9. The Hall–Kier alpha value is -3.06. The van der Waals surface area contributed by atoms with E-state index in [0.717, 1.165) is 5.69 Å². The van der Waals surface area contributed by atoms with Crippen LogP contribution in [0.1, 0.15) is 22.8 Å². The van der Waals surface area contributed by atoms with E-state index in [1.165, 1.54) is 24.3 Å². The Labute approximate surface area is 157 Å². The highest BCUT2D eigenvalue weighted by molar-refractivity contribution is 7.93. The van der Waals surface area contributed by atoms with Crippen molar-refractivity contribution in [3.05, 3.63) is 59.7 Å². The third kappa shape index (κ3) is 2.62. The lowest BCUT2D eigenvalue weighted by Gasteiger charge is -2.16. The molecule has 138 valence electrons. The van der Waals surface area contributed by atoms with E-state index in [1.807, 2.05) is 6.92 Å². The summed E-state index contributed by atoms with van der Waals surface area (Å²) in [4.78, 5) is 14.3. The molecule has 0 bridgehead atoms. The third-order valence-corrected chi connectivity index (χ3v) is 6.23. The lowest BCUT2D eigenvalue weighted by Crippen LogP contribution is -2.25. The molecule has 1 amide bonds. The van der Waals surface area contributed by atoms with Gasteiger partial charge in [-0.05, 0) is 55.8 Å². The predicted molar refractivity (Wildman–Crippen MR) is 105 cm³/mol. The van der Waals surface area contributed by atoms with Gasteiger partial charge in [0.1, 0.15) is 5.75 Å². The van der Waals surface area contributed by atoms with Crippen molar-refractivity contribution in [2.24, 2.45) is 0 Å². The van der Waals surface area contributed by atoms with Gasteiger partial charge in [0.25, 0.3) is 15.9 Å². The molecule has 27 heavy (non-hydrogen) atoms. The van der Waals surface area contributed by atoms with Crippen molar-refractivity contribution < 1.29 is 18.3 Å². The molecule has 7 heteroatoms. The van der Waals surface area contributed by atoms with Gasteiger partial charge in [-0.1, -0.05) is 12.1 Å². The molecule has 0 aromatic heterocycles. The van der Waals surface area contributed by atoms with Crippen LogP contribution in [0.25, 0.3) is 10.8 Å². The largest absolute Gasteiger partial charge is 0.508 e. The lowest BCUT2D eigenvalue weighted by molar-refractivity contribution is 0.0994. The second-order valence-electron chi connectivity index (χ2n) is 6.47. The smallest absolute Gasteiger partial charge is 0.262 e. The summed E-state index contributed by atoms with van der Waals surface area (Å²) in [6.07, 6.45) is 0. The maximum absolute atomic E-state index is 13.1. The van der Waals surface area contributed by atoms with E-state index < -0.39 is 10.0 Å². The fourth-order valence-electron chi connectivity index (χ4n) is 3.53. The first-order valence-corrected chi connectivity index (χ1v) is 10.0. The summed E-state index contributed by atoms with van der Waals surface area (Å²) in [5, 5.41) is 10.7. The Morgan fingerprint density at radius 1 is 1.11 bits per heavy atom. The zero-order valence-corrected chi connectivity index (χ0v) is 15.7. The second-order valence-corrected chi connectivity index (χ2v) is 8.12. The van der Waals surface area contributed by atoms with E-state index in [-0.39, 0.29) is 16.6 Å². The van der Waals surface area contributed by atoms with Crippen LogP contribution in [0.4, 0.5) is 11.4 Å². The number of nitrogens with zero attached hydrogens (tertiary/aromatic N) is 1. The van der Waals surface area contributed by atoms with Crippen molar-refractivity contribution in [3.63, 3.8) is 0 Å². The molecular weight excluding hydrogens is 364 g/mol. The number of anilines is 2. The summed E-state index contributed by atoms with van der Waals surface area (Å²) >= 11 is 0. The number of carbonyl (C=O) groups is 1. The Balaban J connectivity index is 1.88. The van der Waals surface area contributed by atoms with Crippen LogP contribution in [0.3, 0.4) is 0 Å². The monoisotopic (exact) mass is 382 g/mol. The number of phenolic OH excluding ortho intramolecular Hbond substituents is 1. The van der Waals surface area contributed by atoms with Gasteiger partial charge in [0.15, 0.2) is 0 Å². The fourth-order valence-corrected chi connectivity index (χ4v) is 4.86. The zero-order chi connectivity index (χ0) is 19.3. The number of aryl methyl sites for hydroxylation is 1. The van der Waals surface area contributed by atoms with E-state index in [4.69, 9.17) is 0 Å². The Bertz CT molecular complexity index is 1200. The van der Waals surface area contributed by atoms with Crippen LogP contribution in [0.5, 0.6) is 5.75 Å². The molecule has 4 rings (SSSR count). The summed E-state index contributed by atoms with van der Waals surface area (Å²) in [5.41, 5.74) is 2.24. The van der Waals surface area contributed by atoms with E-state index in [9.17, 15) is 18.3 Å². The average molecular weight is 382 g/mol. The van der Waals surface area contributed by atoms with Gasteiger partial charge in [-0.15, -0.1) is 0 Å². The van der Waals surface area contributed by atoms with Crippen molar-refractivity contribution in [2.45, 2.75) is 18.7 Å². The van der Waals surface area contributed by atoms with Gasteiger partial charge in [-0.25, -0.2) is 8.42 Å². The molecule has 1 heterocycles. The summed E-state index contributed by atoms with van der Waals surface area (Å²) in [6, 6.07) is 12.8. The number of phenols is 1. The average Bonchev–Trinajstić information content (AvgIpc) is 2.91. The summed E-state index contributed by atoms with van der Waals surface area (Å²) < 4.78 is 28.7. The van der Waals surface area contributed by atoms with Crippen LogP contribution in [-0.4, -0.2) is 26.0 Å². The highest BCUT2D eigenvalue weighted by Gasteiger charge is 2.31. The molecule has 0 fully saturated rings. The molecule has 0 aliphatic carbocycles. The molecule has 0 spiro atoms. The number of aromatic hydroxyl groups is 1. The maximum Gasteiger partial charge on any atom is 0.262 e. The summed E-state index contributed by atoms with van der Waals surface area (Å²) in [5.74, 6) is -0.0473. The standard InChI is InChI=1S/C20H18N2O4S/c1-3-22-17-9-10-18(14-5-4-6-15(19(14)17)20(22)24)27(25,26)21-16-8-7-13(23)11-12(16)2/h4-11,21,23H,3H2,1-2H3. The van der Waals surface area contributed by atoms with Crippen LogP contribution in [-0.2, 0) is 10.0 Å². The molecule has 3 aromatic carbocycles. The van der Waals surface area contributed by atoms with Crippen molar-refractivity contribution in [1.29, 1.82) is 0 Å². The number of hydrogen-bond acceptors (Lipinski definition) is 4. The molecule has 0 saturated carbocycles. The fraction of sp³-hybridized carbons (Fsp3) is 0.150. The van der Waals surface area contributed by atoms with Gasteiger partial charge in [0.05, 0.1) is 16.3 Å². The number of hydrogen-bond donors (Lipinski definition) is 2. The Kier molecular flexibility index (Phi) is 3.85. The molecule has 2 N–H and O–H groups in total. The molecule has 0 saturated heterocycles. The summed E-state index contributed by atoms with van der Waals surface area (Å²) in [6.45, 7) is 4.11. The number of carbonyl (C=O) groups excluding carboxylic acids is 1. The number of sulfonamides is 1. The maximum atomic E-state index is 13.1. The molecule has 0 radical (unpaired) electrons. The predicted octanol–water partition coefficient (Wildman–Crippen LogP) is 3.63. The SMILES string of the molecule is CCN1C(=O)c2cccc3c(S(=O)(=O)Nc4ccc(O)cc4C)ccc1c23. The molecule has 0 atom stereocenters. The second kappa shape index (κ2) is 5.99. The topological polar surface area (TPSA) is 86.7 Å². The van der Waals surface area contributed by atoms with E-state index in [0.29, 0.717) is 34.1 Å². The van der Waals surface area contributed by atoms with Gasteiger partial charge in [0, 0.05) is 22.9 Å². The number of rotatable bonds is 4. The highest BCUT2D eigenvalue weighted by Crippen LogP contribution is 2.40. The minimum Gasteiger partial charge on any atom is -0.508 e. The molecule has 0 unspecified atom stereocenters. The number of nitrogens with one attached hydrogen (secondary N) is 1. The Morgan fingerprint density at radius 3 is 2.59 bits per heavy atom. The van der Waals surface area contributed by atoms with E-state index in [2.05, 4.69) is 4.72 Å². The highest BCUT2D eigenvalue weighted by atomic mass is 32.2. The van der Waals surface area contributed by atoms with Crippen molar-refractivity contribution in [2.75, 3.05) is 16.2 Å². The van der Waals surface area contributed by atoms with Gasteiger partial charge in [0.2, 0.25) is 0 Å². The van der Waals surface area contributed by atoms with E-state index in [1.54, 1.807) is 36.1 Å². The van der Waals surface area contributed by atoms with Crippen LogP contribution < -0.4 is 9.62 Å². The van der Waals surface area contributed by atoms with E-state index >= 15 is 0 Å². The van der Waals surface area contributed by atoms with Crippen molar-refractivity contribution in [3.8, 4) is 5.75 Å². The van der Waals surface area contributed by atoms with Crippen molar-refractivity contribution >= 4 is 38.1 Å². The minimum absolute atomic E-state index is 0.0685. The quantitative estimate of drug-likeness (QED) is 0.675. The third-order valence-electron chi connectivity index (χ3n) is 4.81. The molecule has 3 aromatic rings. The summed E-state index contributed by atoms with van der Waals surface area (Å²) in [7, 11) is -3.88. The van der Waals surface area contributed by atoms with Gasteiger partial charge < -0.3 is 10.0 Å². The molecular formula is C20H18N2O4S. The Morgan fingerprint density at radius 2 is 1.89 bits per heavy atom. The number of amides is 1.